The van der Waals surface area contributed by atoms with Crippen LogP contribution in [0.25, 0.3) is 0 Å². The molecule has 120 valence electrons. The molecule has 1 aliphatic rings. The van der Waals surface area contributed by atoms with E-state index in [1.54, 1.807) is 0 Å². The van der Waals surface area contributed by atoms with Gasteiger partial charge in [-0.3, -0.25) is 4.90 Å². The fraction of sp³-hybridized carbons (Fsp3) is 1.00. The van der Waals surface area contributed by atoms with E-state index in [1.165, 1.54) is 45.4 Å². The van der Waals surface area contributed by atoms with Gasteiger partial charge in [0, 0.05) is 31.7 Å². The lowest BCUT2D eigenvalue weighted by Crippen LogP contribution is -2.53. The first kappa shape index (κ1) is 17.9. The highest BCUT2D eigenvalue weighted by Crippen LogP contribution is 2.32. The molecular formula is C17H37N3. The van der Waals surface area contributed by atoms with E-state index in [-0.39, 0.29) is 0 Å². The molecule has 0 aliphatic carbocycles. The molecule has 20 heavy (non-hydrogen) atoms. The topological polar surface area (TPSA) is 18.5 Å². The molecule has 1 fully saturated rings. The molecule has 1 heterocycles. The van der Waals surface area contributed by atoms with Gasteiger partial charge in [0.15, 0.2) is 0 Å². The van der Waals surface area contributed by atoms with Gasteiger partial charge in [-0.25, -0.2) is 0 Å². The Labute approximate surface area is 127 Å². The summed E-state index contributed by atoms with van der Waals surface area (Å²) in [7, 11) is 2.23. The van der Waals surface area contributed by atoms with Crippen molar-refractivity contribution in [2.24, 2.45) is 5.41 Å². The van der Waals surface area contributed by atoms with Gasteiger partial charge < -0.3 is 10.2 Å². The summed E-state index contributed by atoms with van der Waals surface area (Å²) in [6.07, 6.45) is 3.90. The fourth-order valence-electron chi connectivity index (χ4n) is 2.94. The molecule has 1 rings (SSSR count). The minimum Gasteiger partial charge on any atom is -0.317 e. The van der Waals surface area contributed by atoms with E-state index in [0.29, 0.717) is 11.0 Å². The van der Waals surface area contributed by atoms with Crippen LogP contribution in [-0.2, 0) is 0 Å². The quantitative estimate of drug-likeness (QED) is 0.691. The van der Waals surface area contributed by atoms with E-state index in [9.17, 15) is 0 Å². The molecule has 0 aromatic rings. The molecule has 3 heteroatoms. The van der Waals surface area contributed by atoms with E-state index in [1.807, 2.05) is 0 Å². The van der Waals surface area contributed by atoms with Crippen molar-refractivity contribution in [3.05, 3.63) is 0 Å². The SMILES string of the molecule is CCNCCC(C)(C)CCC(C)(C)N1CCN(C)CC1. The van der Waals surface area contributed by atoms with E-state index >= 15 is 0 Å². The molecule has 0 atom stereocenters. The van der Waals surface area contributed by atoms with Crippen LogP contribution in [0.3, 0.4) is 0 Å². The maximum Gasteiger partial charge on any atom is 0.0154 e. The molecule has 0 aromatic carbocycles. The standard InChI is InChI=1S/C17H37N3/c1-7-18-11-10-16(2,3)8-9-17(4,5)20-14-12-19(6)13-15-20/h18H,7-15H2,1-6H3. The third kappa shape index (κ3) is 6.11. The van der Waals surface area contributed by atoms with Crippen molar-refractivity contribution in [2.75, 3.05) is 46.3 Å². The van der Waals surface area contributed by atoms with E-state index in [4.69, 9.17) is 0 Å². The van der Waals surface area contributed by atoms with Crippen LogP contribution in [-0.4, -0.2) is 61.7 Å². The lowest BCUT2D eigenvalue weighted by Gasteiger charge is -2.44. The summed E-state index contributed by atoms with van der Waals surface area (Å²) in [5, 5.41) is 3.45. The van der Waals surface area contributed by atoms with Crippen LogP contribution in [0, 0.1) is 5.41 Å². The van der Waals surface area contributed by atoms with Crippen molar-refractivity contribution in [3.8, 4) is 0 Å². The Morgan fingerprint density at radius 3 is 2.05 bits per heavy atom. The third-order valence-corrected chi connectivity index (χ3v) is 5.00. The van der Waals surface area contributed by atoms with Crippen LogP contribution >= 0.6 is 0 Å². The fourth-order valence-corrected chi connectivity index (χ4v) is 2.94. The molecule has 0 radical (unpaired) electrons. The van der Waals surface area contributed by atoms with Gasteiger partial charge in [0.1, 0.15) is 0 Å². The van der Waals surface area contributed by atoms with Gasteiger partial charge in [-0.15, -0.1) is 0 Å². The Hall–Kier alpha value is -0.120. The minimum absolute atomic E-state index is 0.344. The predicted octanol–water partition coefficient (Wildman–Crippen LogP) is 2.82. The lowest BCUT2D eigenvalue weighted by atomic mass is 9.80. The first-order valence-corrected chi connectivity index (χ1v) is 8.41. The second kappa shape index (κ2) is 7.77. The predicted molar refractivity (Wildman–Crippen MR) is 89.3 cm³/mol. The van der Waals surface area contributed by atoms with Gasteiger partial charge in [0.2, 0.25) is 0 Å². The Kier molecular flexibility index (Phi) is 6.96. The normalized spacial score (nSPS) is 19.5. The summed E-state index contributed by atoms with van der Waals surface area (Å²) < 4.78 is 0. The Balaban J connectivity index is 2.37. The zero-order valence-electron chi connectivity index (χ0n) is 14.8. The molecule has 0 saturated carbocycles. The van der Waals surface area contributed by atoms with Crippen molar-refractivity contribution in [1.82, 2.24) is 15.1 Å². The third-order valence-electron chi connectivity index (χ3n) is 5.00. The largest absolute Gasteiger partial charge is 0.317 e. The molecule has 3 nitrogen and oxygen atoms in total. The van der Waals surface area contributed by atoms with Crippen molar-refractivity contribution in [2.45, 2.75) is 59.4 Å². The van der Waals surface area contributed by atoms with Gasteiger partial charge in [-0.2, -0.15) is 0 Å². The molecule has 1 N–H and O–H groups in total. The molecule has 0 bridgehead atoms. The van der Waals surface area contributed by atoms with Crippen LogP contribution in [0.1, 0.15) is 53.9 Å². The van der Waals surface area contributed by atoms with Crippen molar-refractivity contribution in [3.63, 3.8) is 0 Å². The van der Waals surface area contributed by atoms with Crippen molar-refractivity contribution < 1.29 is 0 Å². The van der Waals surface area contributed by atoms with Crippen LogP contribution < -0.4 is 5.32 Å². The zero-order chi connectivity index (χ0) is 15.2. The lowest BCUT2D eigenvalue weighted by molar-refractivity contribution is 0.0477. The van der Waals surface area contributed by atoms with Crippen molar-refractivity contribution in [1.29, 1.82) is 0 Å². The highest BCUT2D eigenvalue weighted by Gasteiger charge is 2.31. The molecule has 1 saturated heterocycles. The van der Waals surface area contributed by atoms with Gasteiger partial charge in [-0.05, 0) is 58.7 Å². The minimum atomic E-state index is 0.344. The average Bonchev–Trinajstić information content (AvgIpc) is 2.37. The van der Waals surface area contributed by atoms with Gasteiger partial charge in [-0.1, -0.05) is 20.8 Å². The summed E-state index contributed by atoms with van der Waals surface area (Å²) >= 11 is 0. The maximum absolute atomic E-state index is 3.45. The molecule has 0 aromatic heterocycles. The number of piperazine rings is 1. The molecule has 1 aliphatic heterocycles. The monoisotopic (exact) mass is 283 g/mol. The maximum atomic E-state index is 3.45. The van der Waals surface area contributed by atoms with Crippen LogP contribution in [0.5, 0.6) is 0 Å². The highest BCUT2D eigenvalue weighted by molar-refractivity contribution is 4.87. The van der Waals surface area contributed by atoms with Crippen LogP contribution in [0.4, 0.5) is 0 Å². The van der Waals surface area contributed by atoms with Gasteiger partial charge >= 0.3 is 0 Å². The summed E-state index contributed by atoms with van der Waals surface area (Å²) in [6.45, 7) is 19.0. The van der Waals surface area contributed by atoms with Crippen LogP contribution in [0.2, 0.25) is 0 Å². The Morgan fingerprint density at radius 2 is 1.50 bits per heavy atom. The Morgan fingerprint density at radius 1 is 0.900 bits per heavy atom. The van der Waals surface area contributed by atoms with E-state index in [0.717, 1.165) is 13.1 Å². The molecular weight excluding hydrogens is 246 g/mol. The number of hydrogen-bond acceptors (Lipinski definition) is 3. The van der Waals surface area contributed by atoms with E-state index in [2.05, 4.69) is 56.8 Å². The summed E-state index contributed by atoms with van der Waals surface area (Å²) in [6, 6.07) is 0. The Bertz CT molecular complexity index is 265. The van der Waals surface area contributed by atoms with Gasteiger partial charge in [0.05, 0.1) is 0 Å². The average molecular weight is 284 g/mol. The molecule has 0 unspecified atom stereocenters. The van der Waals surface area contributed by atoms with Crippen LogP contribution in [0.15, 0.2) is 0 Å². The van der Waals surface area contributed by atoms with Crippen molar-refractivity contribution >= 4 is 0 Å². The highest BCUT2D eigenvalue weighted by atomic mass is 15.3. The number of nitrogens with one attached hydrogen (secondary N) is 1. The number of hydrogen-bond donors (Lipinski definition) is 1. The smallest absolute Gasteiger partial charge is 0.0154 e. The first-order valence-electron chi connectivity index (χ1n) is 8.41. The zero-order valence-corrected chi connectivity index (χ0v) is 14.8. The second-order valence-electron chi connectivity index (χ2n) is 7.87. The number of likely N-dealkylation sites (N-methyl/N-ethyl adjacent to an activating group) is 1. The van der Waals surface area contributed by atoms with E-state index < -0.39 is 0 Å². The molecule has 0 spiro atoms. The van der Waals surface area contributed by atoms with Gasteiger partial charge in [0.25, 0.3) is 0 Å². The molecule has 0 amide bonds. The summed E-state index contributed by atoms with van der Waals surface area (Å²) in [5.74, 6) is 0. The second-order valence-corrected chi connectivity index (χ2v) is 7.87. The number of nitrogens with zero attached hydrogens (tertiary/aromatic N) is 2. The summed E-state index contributed by atoms with van der Waals surface area (Å²) in [4.78, 5) is 5.13. The summed E-state index contributed by atoms with van der Waals surface area (Å²) in [5.41, 5.74) is 0.794. The number of rotatable bonds is 8. The first-order chi connectivity index (χ1) is 9.27.